The number of nitrogens with two attached hydrogens (primary N) is 1. The van der Waals surface area contributed by atoms with E-state index >= 15 is 0 Å². The Morgan fingerprint density at radius 1 is 1.50 bits per heavy atom. The Labute approximate surface area is 97.8 Å². The highest BCUT2D eigenvalue weighted by Gasteiger charge is 2.06. The van der Waals surface area contributed by atoms with Crippen molar-refractivity contribution in [3.8, 4) is 5.75 Å². The zero-order valence-corrected chi connectivity index (χ0v) is 9.66. The van der Waals surface area contributed by atoms with Crippen molar-refractivity contribution >= 4 is 17.4 Å². The first-order valence-corrected chi connectivity index (χ1v) is 5.73. The molecule has 1 aromatic heterocycles. The molecule has 0 spiro atoms. The smallest absolute Gasteiger partial charge is 0.255 e. The number of hydrogen-bond acceptors (Lipinski definition) is 5. The zero-order valence-electron chi connectivity index (χ0n) is 8.84. The van der Waals surface area contributed by atoms with Gasteiger partial charge in [-0.1, -0.05) is 11.8 Å². The normalized spacial score (nSPS) is 10.3. The SMILES string of the molecule is COc1ccc(N)cc1CSc1ncco1. The summed E-state index contributed by atoms with van der Waals surface area (Å²) < 4.78 is 10.4. The highest BCUT2D eigenvalue weighted by atomic mass is 32.2. The summed E-state index contributed by atoms with van der Waals surface area (Å²) in [4.78, 5) is 4.03. The Kier molecular flexibility index (Phi) is 3.36. The highest BCUT2D eigenvalue weighted by Crippen LogP contribution is 2.28. The average Bonchev–Trinajstić information content (AvgIpc) is 2.79. The Morgan fingerprint density at radius 3 is 3.06 bits per heavy atom. The Balaban J connectivity index is 2.11. The van der Waals surface area contributed by atoms with Crippen molar-refractivity contribution in [1.82, 2.24) is 4.98 Å². The van der Waals surface area contributed by atoms with Crippen LogP contribution in [0.15, 0.2) is 40.3 Å². The number of hydrogen-bond donors (Lipinski definition) is 1. The number of thioether (sulfide) groups is 1. The molecule has 0 fully saturated rings. The molecule has 84 valence electrons. The van der Waals surface area contributed by atoms with Crippen LogP contribution in [0.4, 0.5) is 5.69 Å². The molecule has 0 aliphatic rings. The van der Waals surface area contributed by atoms with Crippen LogP contribution in [-0.2, 0) is 5.75 Å². The first kappa shape index (κ1) is 10.9. The minimum atomic E-state index is 0.643. The molecular formula is C11H12N2O2S. The number of aromatic nitrogens is 1. The van der Waals surface area contributed by atoms with E-state index in [0.717, 1.165) is 17.0 Å². The number of anilines is 1. The van der Waals surface area contributed by atoms with Crippen LogP contribution in [0.5, 0.6) is 5.75 Å². The molecule has 1 aromatic carbocycles. The van der Waals surface area contributed by atoms with E-state index in [0.29, 0.717) is 11.0 Å². The second kappa shape index (κ2) is 4.94. The van der Waals surface area contributed by atoms with Crippen molar-refractivity contribution in [2.45, 2.75) is 11.0 Å². The van der Waals surface area contributed by atoms with E-state index in [4.69, 9.17) is 14.9 Å². The van der Waals surface area contributed by atoms with Crippen LogP contribution in [0.3, 0.4) is 0 Å². The van der Waals surface area contributed by atoms with Gasteiger partial charge in [-0.15, -0.1) is 0 Å². The van der Waals surface area contributed by atoms with Crippen molar-refractivity contribution in [1.29, 1.82) is 0 Å². The lowest BCUT2D eigenvalue weighted by molar-refractivity contribution is 0.411. The largest absolute Gasteiger partial charge is 0.496 e. The van der Waals surface area contributed by atoms with Crippen molar-refractivity contribution in [2.75, 3.05) is 12.8 Å². The lowest BCUT2D eigenvalue weighted by atomic mass is 10.2. The van der Waals surface area contributed by atoms with E-state index in [-0.39, 0.29) is 0 Å². The molecule has 2 rings (SSSR count). The van der Waals surface area contributed by atoms with Gasteiger partial charge in [-0.2, -0.15) is 0 Å². The number of ether oxygens (including phenoxy) is 1. The van der Waals surface area contributed by atoms with Crippen molar-refractivity contribution < 1.29 is 9.15 Å². The van der Waals surface area contributed by atoms with E-state index in [1.54, 1.807) is 19.6 Å². The van der Waals surface area contributed by atoms with Crippen molar-refractivity contribution in [3.63, 3.8) is 0 Å². The summed E-state index contributed by atoms with van der Waals surface area (Å²) in [5.41, 5.74) is 7.49. The summed E-state index contributed by atoms with van der Waals surface area (Å²) in [6.07, 6.45) is 3.18. The van der Waals surface area contributed by atoms with Crippen LogP contribution in [0.2, 0.25) is 0 Å². The molecule has 0 atom stereocenters. The van der Waals surface area contributed by atoms with E-state index in [1.807, 2.05) is 18.2 Å². The lowest BCUT2D eigenvalue weighted by Gasteiger charge is -2.07. The lowest BCUT2D eigenvalue weighted by Crippen LogP contribution is -1.93. The molecule has 0 unspecified atom stereocenters. The van der Waals surface area contributed by atoms with E-state index in [9.17, 15) is 0 Å². The second-order valence-electron chi connectivity index (χ2n) is 3.16. The molecule has 4 nitrogen and oxygen atoms in total. The van der Waals surface area contributed by atoms with Gasteiger partial charge in [-0.25, -0.2) is 4.98 Å². The Hall–Kier alpha value is -1.62. The fourth-order valence-electron chi connectivity index (χ4n) is 1.33. The molecular weight excluding hydrogens is 224 g/mol. The highest BCUT2D eigenvalue weighted by molar-refractivity contribution is 7.98. The standard InChI is InChI=1S/C11H12N2O2S/c1-14-10-3-2-9(12)6-8(10)7-16-11-13-4-5-15-11/h2-6H,7,12H2,1H3. The molecule has 0 aliphatic heterocycles. The van der Waals surface area contributed by atoms with Gasteiger partial charge < -0.3 is 14.9 Å². The zero-order chi connectivity index (χ0) is 11.4. The third kappa shape index (κ3) is 2.49. The molecule has 0 bridgehead atoms. The van der Waals surface area contributed by atoms with Gasteiger partial charge in [0.05, 0.1) is 13.3 Å². The third-order valence-electron chi connectivity index (χ3n) is 2.07. The minimum absolute atomic E-state index is 0.643. The van der Waals surface area contributed by atoms with Crippen molar-refractivity contribution in [2.24, 2.45) is 0 Å². The van der Waals surface area contributed by atoms with Crippen LogP contribution < -0.4 is 10.5 Å². The van der Waals surface area contributed by atoms with E-state index in [2.05, 4.69) is 4.98 Å². The van der Waals surface area contributed by atoms with Crippen LogP contribution in [0.25, 0.3) is 0 Å². The van der Waals surface area contributed by atoms with Crippen LogP contribution in [-0.4, -0.2) is 12.1 Å². The van der Waals surface area contributed by atoms with Gasteiger partial charge in [0.25, 0.3) is 5.22 Å². The number of nitrogen functional groups attached to an aromatic ring is 1. The fraction of sp³-hybridized carbons (Fsp3) is 0.182. The fourth-order valence-corrected chi connectivity index (χ4v) is 2.10. The summed E-state index contributed by atoms with van der Waals surface area (Å²) in [5.74, 6) is 1.54. The predicted octanol–water partition coefficient (Wildman–Crippen LogP) is 2.56. The number of methoxy groups -OCH3 is 1. The van der Waals surface area contributed by atoms with Gasteiger partial charge in [-0.3, -0.25) is 0 Å². The van der Waals surface area contributed by atoms with Crippen molar-refractivity contribution in [3.05, 3.63) is 36.2 Å². The van der Waals surface area contributed by atoms with Crippen LogP contribution >= 0.6 is 11.8 Å². The van der Waals surface area contributed by atoms with Gasteiger partial charge in [0, 0.05) is 17.0 Å². The molecule has 1 heterocycles. The molecule has 0 radical (unpaired) electrons. The maximum atomic E-state index is 5.73. The molecule has 0 amide bonds. The number of nitrogens with zero attached hydrogens (tertiary/aromatic N) is 1. The van der Waals surface area contributed by atoms with Crippen LogP contribution in [0.1, 0.15) is 5.56 Å². The van der Waals surface area contributed by atoms with E-state index in [1.165, 1.54) is 11.8 Å². The molecule has 16 heavy (non-hydrogen) atoms. The van der Waals surface area contributed by atoms with Gasteiger partial charge >= 0.3 is 0 Å². The topological polar surface area (TPSA) is 61.3 Å². The first-order valence-electron chi connectivity index (χ1n) is 4.74. The molecule has 0 saturated carbocycles. The molecule has 5 heteroatoms. The second-order valence-corrected chi connectivity index (χ2v) is 4.08. The molecule has 0 saturated heterocycles. The summed E-state index contributed by atoms with van der Waals surface area (Å²) in [7, 11) is 1.64. The van der Waals surface area contributed by atoms with Gasteiger partial charge in [0.1, 0.15) is 12.0 Å². The molecule has 2 aromatic rings. The maximum Gasteiger partial charge on any atom is 0.255 e. The van der Waals surface area contributed by atoms with Gasteiger partial charge in [0.15, 0.2) is 0 Å². The molecule has 0 aliphatic carbocycles. The third-order valence-corrected chi connectivity index (χ3v) is 2.97. The maximum absolute atomic E-state index is 5.73. The predicted molar refractivity (Wildman–Crippen MR) is 63.5 cm³/mol. The quantitative estimate of drug-likeness (QED) is 0.653. The van der Waals surface area contributed by atoms with Gasteiger partial charge in [-0.05, 0) is 18.2 Å². The van der Waals surface area contributed by atoms with Crippen LogP contribution in [0, 0.1) is 0 Å². The van der Waals surface area contributed by atoms with Gasteiger partial charge in [0.2, 0.25) is 0 Å². The summed E-state index contributed by atoms with van der Waals surface area (Å²) in [6.45, 7) is 0. The Morgan fingerprint density at radius 2 is 2.38 bits per heavy atom. The number of rotatable bonds is 4. The minimum Gasteiger partial charge on any atom is -0.496 e. The monoisotopic (exact) mass is 236 g/mol. The first-order chi connectivity index (χ1) is 7.79. The summed E-state index contributed by atoms with van der Waals surface area (Å²) >= 11 is 1.51. The summed E-state index contributed by atoms with van der Waals surface area (Å²) in [6, 6.07) is 5.58. The Bertz CT molecular complexity index is 457. The average molecular weight is 236 g/mol. The number of oxazole rings is 1. The number of benzene rings is 1. The molecule has 2 N–H and O–H groups in total. The van der Waals surface area contributed by atoms with E-state index < -0.39 is 0 Å². The summed E-state index contributed by atoms with van der Waals surface area (Å²) in [5, 5.41) is 0.643.